The van der Waals surface area contributed by atoms with Gasteiger partial charge in [0.05, 0.1) is 11.0 Å². The first kappa shape index (κ1) is 23.9. The minimum absolute atomic E-state index is 0.202. The molecule has 0 atom stereocenters. The summed E-state index contributed by atoms with van der Waals surface area (Å²) in [6.07, 6.45) is 0. The molecule has 0 spiro atoms. The molecule has 0 fully saturated rings. The summed E-state index contributed by atoms with van der Waals surface area (Å²) in [5, 5.41) is 3.61. The molecule has 178 valence electrons. The zero-order chi connectivity index (χ0) is 24.1. The van der Waals surface area contributed by atoms with Crippen LogP contribution in [0.1, 0.15) is 35.7 Å². The van der Waals surface area contributed by atoms with Gasteiger partial charge in [-0.3, -0.25) is 10.1 Å². The number of amides is 1. The summed E-state index contributed by atoms with van der Waals surface area (Å²) in [4.78, 5) is 19.9. The van der Waals surface area contributed by atoms with Crippen LogP contribution in [0.4, 0.5) is 5.95 Å². The van der Waals surface area contributed by atoms with Crippen LogP contribution in [0.3, 0.4) is 0 Å². The zero-order valence-corrected chi connectivity index (χ0v) is 20.4. The van der Waals surface area contributed by atoms with Gasteiger partial charge >= 0.3 is 0 Å². The van der Waals surface area contributed by atoms with Gasteiger partial charge in [-0.05, 0) is 68.0 Å². The van der Waals surface area contributed by atoms with Crippen molar-refractivity contribution >= 4 is 34.5 Å². The predicted molar refractivity (Wildman–Crippen MR) is 135 cm³/mol. The number of anilines is 1. The second-order valence-corrected chi connectivity index (χ2v) is 8.43. The lowest BCUT2D eigenvalue weighted by Gasteiger charge is -2.19. The molecule has 4 rings (SSSR count). The van der Waals surface area contributed by atoms with Crippen LogP contribution in [0.25, 0.3) is 11.0 Å². The predicted octanol–water partition coefficient (Wildman–Crippen LogP) is 5.76. The number of aromatic nitrogens is 2. The molecule has 34 heavy (non-hydrogen) atoms. The molecular weight excluding hydrogens is 452 g/mol. The fraction of sp³-hybridized carbons (Fsp3) is 0.308. The zero-order valence-electron chi connectivity index (χ0n) is 19.7. The van der Waals surface area contributed by atoms with Crippen LogP contribution in [0, 0.1) is 6.92 Å². The van der Waals surface area contributed by atoms with E-state index in [2.05, 4.69) is 29.0 Å². The third-order valence-corrected chi connectivity index (χ3v) is 6.23. The van der Waals surface area contributed by atoms with Gasteiger partial charge in [-0.15, -0.1) is 0 Å². The quantitative estimate of drug-likeness (QED) is 0.312. The Bertz CT molecular complexity index is 1280. The minimum Gasteiger partial charge on any atom is -0.486 e. The van der Waals surface area contributed by atoms with E-state index in [1.54, 1.807) is 24.3 Å². The number of hydrogen-bond donors (Lipinski definition) is 1. The minimum atomic E-state index is -0.354. The molecule has 0 aliphatic carbocycles. The van der Waals surface area contributed by atoms with Crippen molar-refractivity contribution in [2.24, 2.45) is 0 Å². The van der Waals surface area contributed by atoms with E-state index in [0.717, 1.165) is 42.8 Å². The number of benzene rings is 2. The Hall–Kier alpha value is -3.29. The highest BCUT2D eigenvalue weighted by molar-refractivity contribution is 6.31. The monoisotopic (exact) mass is 480 g/mol. The van der Waals surface area contributed by atoms with Crippen molar-refractivity contribution in [2.45, 2.75) is 33.9 Å². The highest BCUT2D eigenvalue weighted by Crippen LogP contribution is 2.23. The maximum Gasteiger partial charge on any atom is 0.293 e. The Kier molecular flexibility index (Phi) is 7.55. The summed E-state index contributed by atoms with van der Waals surface area (Å²) < 4.78 is 13.5. The van der Waals surface area contributed by atoms with Gasteiger partial charge in [-0.1, -0.05) is 37.6 Å². The Morgan fingerprint density at radius 3 is 2.71 bits per heavy atom. The van der Waals surface area contributed by atoms with Crippen molar-refractivity contribution in [3.63, 3.8) is 0 Å². The molecule has 0 aliphatic rings. The van der Waals surface area contributed by atoms with Crippen LogP contribution < -0.4 is 10.1 Å². The molecule has 1 N–H and O–H groups in total. The standard InChI is InChI=1S/C26H29ClN4O3/c1-4-30(5-2)14-15-31-23-9-7-6-8-22(23)28-26(31)29-25(32)24-13-11-20(34-24)17-33-19-10-12-21(27)18(3)16-19/h6-13,16H,4-5,14-15,17H2,1-3H3,(H,28,29,32). The van der Waals surface area contributed by atoms with Crippen LogP contribution >= 0.6 is 11.6 Å². The number of likely N-dealkylation sites (N-methyl/N-ethyl adjacent to an activating group) is 1. The summed E-state index contributed by atoms with van der Waals surface area (Å²) in [6, 6.07) is 16.7. The summed E-state index contributed by atoms with van der Waals surface area (Å²) in [6.45, 7) is 9.93. The summed E-state index contributed by atoms with van der Waals surface area (Å²) >= 11 is 6.06. The van der Waals surface area contributed by atoms with E-state index in [1.165, 1.54) is 0 Å². The highest BCUT2D eigenvalue weighted by atomic mass is 35.5. The fourth-order valence-corrected chi connectivity index (χ4v) is 3.90. The largest absolute Gasteiger partial charge is 0.486 e. The molecule has 0 radical (unpaired) electrons. The second-order valence-electron chi connectivity index (χ2n) is 8.02. The number of fused-ring (bicyclic) bond motifs is 1. The number of carbonyl (C=O) groups is 1. The van der Waals surface area contributed by atoms with E-state index in [4.69, 9.17) is 20.8 Å². The molecule has 0 aliphatic heterocycles. The van der Waals surface area contributed by atoms with E-state index >= 15 is 0 Å². The number of furan rings is 1. The van der Waals surface area contributed by atoms with Crippen LogP contribution in [-0.4, -0.2) is 40.0 Å². The number of halogens is 1. The van der Waals surface area contributed by atoms with Crippen LogP contribution in [0.15, 0.2) is 59.0 Å². The molecule has 2 aromatic carbocycles. The molecule has 0 bridgehead atoms. The SMILES string of the molecule is CCN(CC)CCn1c(NC(=O)c2ccc(COc3ccc(Cl)c(C)c3)o2)nc2ccccc21. The maximum absolute atomic E-state index is 12.9. The van der Waals surface area contributed by atoms with Crippen molar-refractivity contribution in [1.29, 1.82) is 0 Å². The topological polar surface area (TPSA) is 72.5 Å². The smallest absolute Gasteiger partial charge is 0.293 e. The average molecular weight is 481 g/mol. The van der Waals surface area contributed by atoms with Gasteiger partial charge in [0.15, 0.2) is 5.76 Å². The molecule has 7 nitrogen and oxygen atoms in total. The third kappa shape index (κ3) is 5.43. The van der Waals surface area contributed by atoms with E-state index in [0.29, 0.717) is 22.5 Å². The van der Waals surface area contributed by atoms with Gasteiger partial charge in [0.1, 0.15) is 18.1 Å². The third-order valence-electron chi connectivity index (χ3n) is 5.81. The first-order valence-corrected chi connectivity index (χ1v) is 11.8. The molecule has 4 aromatic rings. The summed E-state index contributed by atoms with van der Waals surface area (Å²) in [5.41, 5.74) is 2.75. The number of para-hydroxylation sites is 2. The number of nitrogens with zero attached hydrogens (tertiary/aromatic N) is 3. The number of imidazole rings is 1. The fourth-order valence-electron chi connectivity index (χ4n) is 3.78. The van der Waals surface area contributed by atoms with Crippen molar-refractivity contribution in [3.8, 4) is 5.75 Å². The van der Waals surface area contributed by atoms with Crippen molar-refractivity contribution in [2.75, 3.05) is 25.0 Å². The summed E-state index contributed by atoms with van der Waals surface area (Å²) in [7, 11) is 0. The lowest BCUT2D eigenvalue weighted by Crippen LogP contribution is -2.27. The van der Waals surface area contributed by atoms with Crippen LogP contribution in [0.5, 0.6) is 5.75 Å². The van der Waals surface area contributed by atoms with Crippen molar-refractivity contribution in [1.82, 2.24) is 14.5 Å². The lowest BCUT2D eigenvalue weighted by molar-refractivity contribution is 0.0991. The Labute approximate surface area is 204 Å². The molecule has 0 saturated heterocycles. The Morgan fingerprint density at radius 1 is 1.15 bits per heavy atom. The molecule has 2 aromatic heterocycles. The van der Waals surface area contributed by atoms with Crippen LogP contribution in [-0.2, 0) is 13.2 Å². The molecular formula is C26H29ClN4O3. The van der Waals surface area contributed by atoms with Gasteiger partial charge in [-0.2, -0.15) is 0 Å². The van der Waals surface area contributed by atoms with Crippen molar-refractivity contribution < 1.29 is 13.9 Å². The maximum atomic E-state index is 12.9. The normalized spacial score (nSPS) is 11.3. The van der Waals surface area contributed by atoms with E-state index in [-0.39, 0.29) is 18.3 Å². The number of nitrogens with one attached hydrogen (secondary N) is 1. The Balaban J connectivity index is 1.46. The van der Waals surface area contributed by atoms with Gasteiger partial charge < -0.3 is 18.6 Å². The highest BCUT2D eigenvalue weighted by Gasteiger charge is 2.17. The van der Waals surface area contributed by atoms with Crippen molar-refractivity contribution in [3.05, 3.63) is 76.7 Å². The van der Waals surface area contributed by atoms with Gasteiger partial charge in [0.2, 0.25) is 5.95 Å². The first-order chi connectivity index (χ1) is 16.5. The number of rotatable bonds is 10. The van der Waals surface area contributed by atoms with E-state index in [1.807, 2.05) is 41.8 Å². The van der Waals surface area contributed by atoms with E-state index < -0.39 is 0 Å². The molecule has 0 saturated carbocycles. The number of ether oxygens (including phenoxy) is 1. The lowest BCUT2D eigenvalue weighted by atomic mass is 10.2. The van der Waals surface area contributed by atoms with Gasteiger partial charge in [-0.25, -0.2) is 4.98 Å². The van der Waals surface area contributed by atoms with Gasteiger partial charge in [0, 0.05) is 18.1 Å². The van der Waals surface area contributed by atoms with Crippen LogP contribution in [0.2, 0.25) is 5.02 Å². The first-order valence-electron chi connectivity index (χ1n) is 11.4. The molecule has 2 heterocycles. The number of hydrogen-bond acceptors (Lipinski definition) is 5. The molecule has 1 amide bonds. The molecule has 8 heteroatoms. The average Bonchev–Trinajstić information content (AvgIpc) is 3.45. The molecule has 0 unspecified atom stereocenters. The number of aryl methyl sites for hydroxylation is 1. The van der Waals surface area contributed by atoms with E-state index in [9.17, 15) is 4.79 Å². The Morgan fingerprint density at radius 2 is 1.94 bits per heavy atom. The van der Waals surface area contributed by atoms with Gasteiger partial charge in [0.25, 0.3) is 5.91 Å². The summed E-state index contributed by atoms with van der Waals surface area (Å²) in [5.74, 6) is 1.59. The second kappa shape index (κ2) is 10.8. The number of carbonyl (C=O) groups excluding carboxylic acids is 1.